The Morgan fingerprint density at radius 2 is 2.06 bits per heavy atom. The highest BCUT2D eigenvalue weighted by Gasteiger charge is 2.13. The predicted octanol–water partition coefficient (Wildman–Crippen LogP) is 1.98. The van der Waals surface area contributed by atoms with Crippen LogP contribution in [0.3, 0.4) is 0 Å². The summed E-state index contributed by atoms with van der Waals surface area (Å²) in [6.45, 7) is 7.10. The van der Waals surface area contributed by atoms with Crippen LogP contribution in [0.1, 0.15) is 30.9 Å². The van der Waals surface area contributed by atoms with Gasteiger partial charge in [0.15, 0.2) is 0 Å². The van der Waals surface area contributed by atoms with Gasteiger partial charge in [0.05, 0.1) is 5.69 Å². The molecule has 18 heavy (non-hydrogen) atoms. The lowest BCUT2D eigenvalue weighted by Crippen LogP contribution is -2.05. The number of nitrogens with two attached hydrogens (primary N) is 1. The van der Waals surface area contributed by atoms with E-state index >= 15 is 0 Å². The van der Waals surface area contributed by atoms with E-state index in [-0.39, 0.29) is 0 Å². The molecule has 4 nitrogen and oxygen atoms in total. The highest BCUT2D eigenvalue weighted by Crippen LogP contribution is 2.22. The van der Waals surface area contributed by atoms with Crippen molar-refractivity contribution in [3.8, 4) is 0 Å². The Labute approximate surface area is 108 Å². The van der Waals surface area contributed by atoms with E-state index in [1.807, 2.05) is 7.05 Å². The van der Waals surface area contributed by atoms with Crippen molar-refractivity contribution in [2.75, 3.05) is 6.54 Å². The van der Waals surface area contributed by atoms with Gasteiger partial charge < -0.3 is 10.3 Å². The minimum Gasteiger partial charge on any atom is -0.335 e. The Bertz CT molecular complexity index is 554. The van der Waals surface area contributed by atoms with Gasteiger partial charge in [-0.25, -0.2) is 9.97 Å². The van der Waals surface area contributed by atoms with Gasteiger partial charge in [0.1, 0.15) is 11.5 Å². The molecule has 0 unspecified atom stereocenters. The molecule has 0 spiro atoms. The fraction of sp³-hybridized carbons (Fsp3) is 0.571. The highest BCUT2D eigenvalue weighted by molar-refractivity contribution is 5.82. The van der Waals surface area contributed by atoms with Gasteiger partial charge in [0.25, 0.3) is 0 Å². The molecule has 2 aromatic rings. The van der Waals surface area contributed by atoms with Crippen LogP contribution in [0, 0.1) is 12.8 Å². The molecule has 0 aromatic carbocycles. The average molecular weight is 246 g/mol. The van der Waals surface area contributed by atoms with Crippen molar-refractivity contribution < 1.29 is 0 Å². The maximum atomic E-state index is 5.66. The molecule has 2 rings (SSSR count). The normalized spacial score (nSPS) is 11.7. The smallest absolute Gasteiger partial charge is 0.143 e. The first-order chi connectivity index (χ1) is 8.52. The summed E-state index contributed by atoms with van der Waals surface area (Å²) in [6, 6.07) is 0. The van der Waals surface area contributed by atoms with Crippen LogP contribution in [-0.2, 0) is 19.9 Å². The second kappa shape index (κ2) is 5.06. The molecule has 2 heterocycles. The molecule has 0 aliphatic heterocycles. The number of aryl methyl sites for hydroxylation is 2. The monoisotopic (exact) mass is 246 g/mol. The third kappa shape index (κ3) is 2.38. The van der Waals surface area contributed by atoms with Gasteiger partial charge in [-0.2, -0.15) is 0 Å². The second-order valence-electron chi connectivity index (χ2n) is 5.33. The molecule has 0 radical (unpaired) electrons. The molecule has 4 heteroatoms. The summed E-state index contributed by atoms with van der Waals surface area (Å²) in [6.07, 6.45) is 3.93. The summed E-state index contributed by atoms with van der Waals surface area (Å²) in [5.74, 6) is 1.51. The highest BCUT2D eigenvalue weighted by atomic mass is 15.0. The zero-order valence-electron chi connectivity index (χ0n) is 11.7. The summed E-state index contributed by atoms with van der Waals surface area (Å²) in [4.78, 5) is 9.32. The summed E-state index contributed by atoms with van der Waals surface area (Å²) >= 11 is 0. The fourth-order valence-corrected chi connectivity index (χ4v) is 2.41. The van der Waals surface area contributed by atoms with E-state index in [1.165, 1.54) is 10.9 Å². The summed E-state index contributed by atoms with van der Waals surface area (Å²) < 4.78 is 2.08. The molecule has 0 aliphatic carbocycles. The lowest BCUT2D eigenvalue weighted by molar-refractivity contribution is 0.620. The second-order valence-corrected chi connectivity index (χ2v) is 5.33. The Balaban J connectivity index is 2.56. The van der Waals surface area contributed by atoms with Crippen LogP contribution in [0.4, 0.5) is 0 Å². The number of aromatic nitrogens is 3. The quantitative estimate of drug-likeness (QED) is 0.897. The lowest BCUT2D eigenvalue weighted by atomic mass is 10.1. The van der Waals surface area contributed by atoms with Gasteiger partial charge in [0.2, 0.25) is 0 Å². The van der Waals surface area contributed by atoms with E-state index in [2.05, 4.69) is 41.5 Å². The number of nitrogens with zero attached hydrogens (tertiary/aromatic N) is 3. The molecule has 0 atom stereocenters. The van der Waals surface area contributed by atoms with E-state index in [0.29, 0.717) is 12.5 Å². The molecule has 2 N–H and O–H groups in total. The number of fused-ring (bicyclic) bond motifs is 1. The van der Waals surface area contributed by atoms with E-state index in [1.54, 1.807) is 0 Å². The van der Waals surface area contributed by atoms with Crippen molar-refractivity contribution in [2.45, 2.75) is 33.6 Å². The minimum atomic E-state index is 0.575. The molecule has 98 valence electrons. The van der Waals surface area contributed by atoms with Crippen molar-refractivity contribution >= 4 is 11.0 Å². The van der Waals surface area contributed by atoms with E-state index in [4.69, 9.17) is 5.73 Å². The molecule has 0 amide bonds. The third-order valence-corrected chi connectivity index (χ3v) is 3.13. The molecular weight excluding hydrogens is 224 g/mol. The SMILES string of the molecule is Cc1nc(CC(C)C)nc2c1c(CCN)cn2C. The van der Waals surface area contributed by atoms with Crippen LogP contribution in [-0.4, -0.2) is 21.1 Å². The van der Waals surface area contributed by atoms with Crippen LogP contribution in [0.15, 0.2) is 6.20 Å². The first kappa shape index (κ1) is 13.0. The Morgan fingerprint density at radius 1 is 1.33 bits per heavy atom. The van der Waals surface area contributed by atoms with Crippen molar-refractivity contribution in [1.82, 2.24) is 14.5 Å². The molecule has 0 saturated carbocycles. The van der Waals surface area contributed by atoms with Crippen LogP contribution in [0.2, 0.25) is 0 Å². The molecule has 0 bridgehead atoms. The molecule has 0 fully saturated rings. The lowest BCUT2D eigenvalue weighted by Gasteiger charge is -2.07. The average Bonchev–Trinajstić information content (AvgIpc) is 2.56. The van der Waals surface area contributed by atoms with E-state index < -0.39 is 0 Å². The Morgan fingerprint density at radius 3 is 2.67 bits per heavy atom. The van der Waals surface area contributed by atoms with Crippen LogP contribution < -0.4 is 5.73 Å². The third-order valence-electron chi connectivity index (χ3n) is 3.13. The maximum Gasteiger partial charge on any atom is 0.143 e. The topological polar surface area (TPSA) is 56.7 Å². The molecule has 2 aromatic heterocycles. The standard InChI is InChI=1S/C14H22N4/c1-9(2)7-12-16-10(3)13-11(5-6-15)8-18(4)14(13)17-12/h8-9H,5-7,15H2,1-4H3. The molecule has 0 aliphatic rings. The van der Waals surface area contributed by atoms with Crippen molar-refractivity contribution in [2.24, 2.45) is 18.7 Å². The predicted molar refractivity (Wildman–Crippen MR) is 74.5 cm³/mol. The van der Waals surface area contributed by atoms with Crippen LogP contribution >= 0.6 is 0 Å². The van der Waals surface area contributed by atoms with Gasteiger partial charge in [0, 0.05) is 25.1 Å². The van der Waals surface area contributed by atoms with Crippen LogP contribution in [0.5, 0.6) is 0 Å². The number of hydrogen-bond acceptors (Lipinski definition) is 3. The van der Waals surface area contributed by atoms with Gasteiger partial charge in [-0.3, -0.25) is 0 Å². The first-order valence-corrected chi connectivity index (χ1v) is 6.54. The summed E-state index contributed by atoms with van der Waals surface area (Å²) in [5, 5.41) is 1.18. The number of hydrogen-bond donors (Lipinski definition) is 1. The zero-order valence-corrected chi connectivity index (χ0v) is 11.7. The van der Waals surface area contributed by atoms with E-state index in [0.717, 1.165) is 30.0 Å². The number of rotatable bonds is 4. The molecule has 0 saturated heterocycles. The van der Waals surface area contributed by atoms with Gasteiger partial charge in [-0.05, 0) is 31.4 Å². The van der Waals surface area contributed by atoms with Crippen molar-refractivity contribution in [1.29, 1.82) is 0 Å². The maximum absolute atomic E-state index is 5.66. The minimum absolute atomic E-state index is 0.575. The summed E-state index contributed by atoms with van der Waals surface area (Å²) in [5.41, 5.74) is 9.01. The van der Waals surface area contributed by atoms with Gasteiger partial charge in [-0.1, -0.05) is 13.8 Å². The van der Waals surface area contributed by atoms with E-state index in [9.17, 15) is 0 Å². The zero-order chi connectivity index (χ0) is 13.3. The Hall–Kier alpha value is -1.42. The fourth-order valence-electron chi connectivity index (χ4n) is 2.41. The van der Waals surface area contributed by atoms with Crippen LogP contribution in [0.25, 0.3) is 11.0 Å². The summed E-state index contributed by atoms with van der Waals surface area (Å²) in [7, 11) is 2.04. The largest absolute Gasteiger partial charge is 0.335 e. The molecular formula is C14H22N4. The Kier molecular flexibility index (Phi) is 3.66. The first-order valence-electron chi connectivity index (χ1n) is 6.54. The van der Waals surface area contributed by atoms with Gasteiger partial charge in [-0.15, -0.1) is 0 Å². The van der Waals surface area contributed by atoms with Gasteiger partial charge >= 0.3 is 0 Å². The van der Waals surface area contributed by atoms with Crippen molar-refractivity contribution in [3.63, 3.8) is 0 Å². The van der Waals surface area contributed by atoms with Crippen molar-refractivity contribution in [3.05, 3.63) is 23.3 Å².